The first-order valence-electron chi connectivity index (χ1n) is 7.41. The number of phenols is 1. The fraction of sp³-hybridized carbons (Fsp3) is 0.0556. The van der Waals surface area contributed by atoms with Gasteiger partial charge in [-0.3, -0.25) is 4.79 Å². The van der Waals surface area contributed by atoms with E-state index in [1.54, 1.807) is 12.1 Å². The number of phenolic OH excluding ortho intramolecular Hbond substituents is 1. The standard InChI is InChI=1S/C18H13ClN2O5/c1-26-15-5-2-9(7-14(15)22)6-12(19)16-20-13-8-10(18(24)25)3-4-11(13)17(23)21-16/h2-8,22H,1H3,(H,24,25)(H,20,21,23). The van der Waals surface area contributed by atoms with E-state index in [2.05, 4.69) is 9.97 Å². The van der Waals surface area contributed by atoms with Gasteiger partial charge in [0, 0.05) is 0 Å². The molecule has 0 spiro atoms. The molecule has 0 saturated heterocycles. The van der Waals surface area contributed by atoms with Crippen molar-refractivity contribution in [3.8, 4) is 11.5 Å². The van der Waals surface area contributed by atoms with Gasteiger partial charge in [-0.25, -0.2) is 9.78 Å². The molecule has 0 fully saturated rings. The number of H-pyrrole nitrogens is 1. The van der Waals surface area contributed by atoms with E-state index in [4.69, 9.17) is 21.4 Å². The number of hydrogen-bond acceptors (Lipinski definition) is 5. The summed E-state index contributed by atoms with van der Waals surface area (Å²) in [5.41, 5.74) is 0.357. The van der Waals surface area contributed by atoms with Crippen molar-refractivity contribution >= 4 is 39.6 Å². The van der Waals surface area contributed by atoms with Crippen LogP contribution in [0.2, 0.25) is 0 Å². The van der Waals surface area contributed by atoms with Gasteiger partial charge in [-0.2, -0.15) is 0 Å². The minimum atomic E-state index is -1.12. The Labute approximate surface area is 152 Å². The smallest absolute Gasteiger partial charge is 0.335 e. The topological polar surface area (TPSA) is 113 Å². The monoisotopic (exact) mass is 372 g/mol. The van der Waals surface area contributed by atoms with Crippen molar-refractivity contribution in [2.75, 3.05) is 7.11 Å². The molecule has 2 aromatic carbocycles. The van der Waals surface area contributed by atoms with E-state index in [1.165, 1.54) is 37.5 Å². The molecule has 3 aromatic rings. The van der Waals surface area contributed by atoms with Gasteiger partial charge in [-0.1, -0.05) is 17.7 Å². The number of aromatic carboxylic acids is 1. The number of halogens is 1. The highest BCUT2D eigenvalue weighted by molar-refractivity contribution is 6.50. The van der Waals surface area contributed by atoms with E-state index in [9.17, 15) is 14.7 Å². The quantitative estimate of drug-likeness (QED) is 0.648. The van der Waals surface area contributed by atoms with Crippen LogP contribution in [-0.2, 0) is 0 Å². The summed E-state index contributed by atoms with van der Waals surface area (Å²) in [5, 5.41) is 19.3. The first-order valence-corrected chi connectivity index (χ1v) is 7.79. The summed E-state index contributed by atoms with van der Waals surface area (Å²) >= 11 is 6.24. The summed E-state index contributed by atoms with van der Waals surface area (Å²) in [6.45, 7) is 0. The van der Waals surface area contributed by atoms with Crippen LogP contribution in [0.1, 0.15) is 21.7 Å². The largest absolute Gasteiger partial charge is 0.504 e. The number of nitrogens with zero attached hydrogens (tertiary/aromatic N) is 1. The molecule has 1 aromatic heterocycles. The van der Waals surface area contributed by atoms with Crippen LogP contribution < -0.4 is 10.3 Å². The maximum absolute atomic E-state index is 12.2. The van der Waals surface area contributed by atoms with Crippen LogP contribution >= 0.6 is 11.6 Å². The Balaban J connectivity index is 2.07. The predicted molar refractivity (Wildman–Crippen MR) is 97.7 cm³/mol. The first kappa shape index (κ1) is 17.5. The minimum absolute atomic E-state index is 0.0155. The SMILES string of the molecule is COc1ccc(C=C(Cl)c2nc3cc(C(=O)O)ccc3c(=O)[nH]2)cc1O. The van der Waals surface area contributed by atoms with E-state index in [0.717, 1.165) is 0 Å². The molecule has 0 aliphatic heterocycles. The van der Waals surface area contributed by atoms with E-state index in [0.29, 0.717) is 11.3 Å². The third-order valence-electron chi connectivity index (χ3n) is 3.68. The van der Waals surface area contributed by atoms with E-state index >= 15 is 0 Å². The number of aromatic amines is 1. The van der Waals surface area contributed by atoms with Crippen molar-refractivity contribution in [2.24, 2.45) is 0 Å². The van der Waals surface area contributed by atoms with Gasteiger partial charge in [-0.15, -0.1) is 0 Å². The summed E-state index contributed by atoms with van der Waals surface area (Å²) in [6.07, 6.45) is 1.51. The molecular formula is C18H13ClN2O5. The lowest BCUT2D eigenvalue weighted by atomic mass is 10.1. The van der Waals surface area contributed by atoms with Crippen LogP contribution in [0.4, 0.5) is 0 Å². The molecule has 0 atom stereocenters. The zero-order valence-corrected chi connectivity index (χ0v) is 14.2. The number of ether oxygens (including phenoxy) is 1. The Hall–Kier alpha value is -3.32. The molecule has 0 unspecified atom stereocenters. The summed E-state index contributed by atoms with van der Waals surface area (Å²) in [7, 11) is 1.44. The third kappa shape index (κ3) is 3.38. The Bertz CT molecular complexity index is 1100. The van der Waals surface area contributed by atoms with Crippen molar-refractivity contribution < 1.29 is 19.7 Å². The van der Waals surface area contributed by atoms with Gasteiger partial charge in [0.2, 0.25) is 0 Å². The molecule has 0 aliphatic rings. The fourth-order valence-electron chi connectivity index (χ4n) is 2.40. The van der Waals surface area contributed by atoms with Crippen LogP contribution in [-0.4, -0.2) is 33.3 Å². The second-order valence-corrected chi connectivity index (χ2v) is 5.78. The van der Waals surface area contributed by atoms with Crippen LogP contribution in [0, 0.1) is 0 Å². The molecule has 1 heterocycles. The Kier molecular flexibility index (Phi) is 4.64. The third-order valence-corrected chi connectivity index (χ3v) is 3.96. The number of nitrogens with one attached hydrogen (secondary N) is 1. The Morgan fingerprint density at radius 1 is 1.27 bits per heavy atom. The lowest BCUT2D eigenvalue weighted by Gasteiger charge is -2.05. The average Bonchev–Trinajstić information content (AvgIpc) is 2.61. The second-order valence-electron chi connectivity index (χ2n) is 5.38. The number of aromatic hydroxyl groups is 1. The van der Waals surface area contributed by atoms with E-state index in [-0.39, 0.29) is 33.1 Å². The van der Waals surface area contributed by atoms with Crippen LogP contribution in [0.15, 0.2) is 41.2 Å². The lowest BCUT2D eigenvalue weighted by Crippen LogP contribution is -2.11. The molecule has 0 amide bonds. The molecular weight excluding hydrogens is 360 g/mol. The number of rotatable bonds is 4. The van der Waals surface area contributed by atoms with Crippen molar-refractivity contribution in [3.63, 3.8) is 0 Å². The number of carboxylic acid groups (broad SMARTS) is 1. The van der Waals surface area contributed by atoms with Gasteiger partial charge in [0.25, 0.3) is 5.56 Å². The van der Waals surface area contributed by atoms with Crippen molar-refractivity contribution in [2.45, 2.75) is 0 Å². The average molecular weight is 373 g/mol. The number of aromatic nitrogens is 2. The van der Waals surface area contributed by atoms with Gasteiger partial charge in [0.05, 0.1) is 28.6 Å². The van der Waals surface area contributed by atoms with Gasteiger partial charge in [-0.05, 0) is 42.0 Å². The number of fused-ring (bicyclic) bond motifs is 1. The minimum Gasteiger partial charge on any atom is -0.504 e. The van der Waals surface area contributed by atoms with Gasteiger partial charge < -0.3 is 19.9 Å². The first-order chi connectivity index (χ1) is 12.4. The van der Waals surface area contributed by atoms with E-state index in [1.807, 2.05) is 0 Å². The number of carboxylic acids is 1. The molecule has 0 radical (unpaired) electrons. The molecule has 7 nitrogen and oxygen atoms in total. The van der Waals surface area contributed by atoms with Gasteiger partial charge in [0.1, 0.15) is 0 Å². The lowest BCUT2D eigenvalue weighted by molar-refractivity contribution is 0.0697. The maximum Gasteiger partial charge on any atom is 0.335 e. The highest BCUT2D eigenvalue weighted by atomic mass is 35.5. The summed E-state index contributed by atoms with van der Waals surface area (Å²) in [5.74, 6) is -0.776. The highest BCUT2D eigenvalue weighted by Crippen LogP contribution is 2.28. The van der Waals surface area contributed by atoms with Crippen molar-refractivity contribution in [3.05, 3.63) is 63.7 Å². The fourth-order valence-corrected chi connectivity index (χ4v) is 2.61. The summed E-state index contributed by atoms with van der Waals surface area (Å²) in [6, 6.07) is 8.72. The number of methoxy groups -OCH3 is 1. The van der Waals surface area contributed by atoms with E-state index < -0.39 is 11.5 Å². The number of carbonyl (C=O) groups is 1. The second kappa shape index (κ2) is 6.89. The van der Waals surface area contributed by atoms with Crippen LogP contribution in [0.25, 0.3) is 22.0 Å². The summed E-state index contributed by atoms with van der Waals surface area (Å²) < 4.78 is 4.97. The number of benzene rings is 2. The zero-order valence-electron chi connectivity index (χ0n) is 13.5. The van der Waals surface area contributed by atoms with Gasteiger partial charge >= 0.3 is 5.97 Å². The Morgan fingerprint density at radius 3 is 2.69 bits per heavy atom. The zero-order chi connectivity index (χ0) is 18.8. The number of hydrogen-bond donors (Lipinski definition) is 3. The molecule has 3 rings (SSSR count). The Morgan fingerprint density at radius 2 is 2.04 bits per heavy atom. The molecule has 26 heavy (non-hydrogen) atoms. The molecule has 3 N–H and O–H groups in total. The molecule has 0 bridgehead atoms. The molecule has 8 heteroatoms. The van der Waals surface area contributed by atoms with Crippen LogP contribution in [0.3, 0.4) is 0 Å². The normalized spacial score (nSPS) is 11.5. The predicted octanol–water partition coefficient (Wildman–Crippen LogP) is 3.07. The maximum atomic E-state index is 12.2. The van der Waals surface area contributed by atoms with Crippen LogP contribution in [0.5, 0.6) is 11.5 Å². The van der Waals surface area contributed by atoms with Gasteiger partial charge in [0.15, 0.2) is 17.3 Å². The summed E-state index contributed by atoms with van der Waals surface area (Å²) in [4.78, 5) is 30.1. The van der Waals surface area contributed by atoms with Crippen molar-refractivity contribution in [1.82, 2.24) is 9.97 Å². The highest BCUT2D eigenvalue weighted by Gasteiger charge is 2.10. The van der Waals surface area contributed by atoms with Crippen molar-refractivity contribution in [1.29, 1.82) is 0 Å². The molecule has 132 valence electrons. The molecule has 0 aliphatic carbocycles. The molecule has 0 saturated carbocycles.